The first-order chi connectivity index (χ1) is 11.2. The number of rotatable bonds is 4. The van der Waals surface area contributed by atoms with Gasteiger partial charge in [0, 0.05) is 11.6 Å². The lowest BCUT2D eigenvalue weighted by molar-refractivity contribution is 0.167. The maximum atomic E-state index is 12.3. The summed E-state index contributed by atoms with van der Waals surface area (Å²) in [6.45, 7) is 1.10. The summed E-state index contributed by atoms with van der Waals surface area (Å²) < 4.78 is 5.52. The van der Waals surface area contributed by atoms with E-state index in [4.69, 9.17) is 16.3 Å². The topological polar surface area (TPSA) is 76.1 Å². The van der Waals surface area contributed by atoms with Crippen LogP contribution in [0.5, 0.6) is 0 Å². The van der Waals surface area contributed by atoms with Crippen molar-refractivity contribution in [2.24, 2.45) is 0 Å². The van der Waals surface area contributed by atoms with Crippen molar-refractivity contribution >= 4 is 23.3 Å². The number of carbonyl (C=O) groups excluding carboxylic acids is 1. The highest BCUT2D eigenvalue weighted by atomic mass is 35.5. The van der Waals surface area contributed by atoms with Crippen LogP contribution in [0.1, 0.15) is 12.0 Å². The van der Waals surface area contributed by atoms with Crippen molar-refractivity contribution in [3.8, 4) is 0 Å². The molecular formula is C16H17ClN4O2. The van der Waals surface area contributed by atoms with Crippen LogP contribution in [0.3, 0.4) is 0 Å². The van der Waals surface area contributed by atoms with Gasteiger partial charge in [-0.25, -0.2) is 4.79 Å². The Morgan fingerprint density at radius 1 is 1.35 bits per heavy atom. The molecule has 0 aliphatic carbocycles. The number of hydrogen-bond acceptors (Lipinski definition) is 4. The molecule has 0 bridgehead atoms. The summed E-state index contributed by atoms with van der Waals surface area (Å²) in [4.78, 5) is 12.3. The number of anilines is 1. The molecule has 1 aromatic heterocycles. The Morgan fingerprint density at radius 2 is 2.26 bits per heavy atom. The van der Waals surface area contributed by atoms with Gasteiger partial charge < -0.3 is 15.4 Å². The van der Waals surface area contributed by atoms with E-state index in [1.165, 1.54) is 12.4 Å². The SMILES string of the molecule is O=C(Nc1ccnnc1)NC1(Cc2cccc(Cl)c2)CCOC1. The molecule has 2 N–H and O–H groups in total. The number of amides is 2. The number of hydrogen-bond donors (Lipinski definition) is 2. The van der Waals surface area contributed by atoms with Crippen molar-refractivity contribution in [1.29, 1.82) is 0 Å². The summed E-state index contributed by atoms with van der Waals surface area (Å²) in [5.41, 5.74) is 1.22. The van der Waals surface area contributed by atoms with Gasteiger partial charge in [0.1, 0.15) is 0 Å². The van der Waals surface area contributed by atoms with E-state index in [1.54, 1.807) is 6.07 Å². The molecule has 0 radical (unpaired) electrons. The Bertz CT molecular complexity index is 675. The Hall–Kier alpha value is -2.18. The zero-order valence-corrected chi connectivity index (χ0v) is 13.2. The fourth-order valence-corrected chi connectivity index (χ4v) is 2.91. The molecule has 1 aromatic carbocycles. The summed E-state index contributed by atoms with van der Waals surface area (Å²) in [5.74, 6) is 0. The monoisotopic (exact) mass is 332 g/mol. The number of halogens is 1. The van der Waals surface area contributed by atoms with Gasteiger partial charge in [-0.2, -0.15) is 10.2 Å². The Balaban J connectivity index is 1.69. The lowest BCUT2D eigenvalue weighted by Gasteiger charge is -2.29. The van der Waals surface area contributed by atoms with Crippen molar-refractivity contribution in [1.82, 2.24) is 15.5 Å². The van der Waals surface area contributed by atoms with Crippen molar-refractivity contribution in [2.45, 2.75) is 18.4 Å². The predicted molar refractivity (Wildman–Crippen MR) is 87.5 cm³/mol. The first kappa shape index (κ1) is 15.7. The van der Waals surface area contributed by atoms with E-state index < -0.39 is 5.54 Å². The highest BCUT2D eigenvalue weighted by Gasteiger charge is 2.36. The molecule has 23 heavy (non-hydrogen) atoms. The number of nitrogens with zero attached hydrogens (tertiary/aromatic N) is 2. The molecule has 0 saturated carbocycles. The van der Waals surface area contributed by atoms with Crippen molar-refractivity contribution in [3.05, 3.63) is 53.3 Å². The molecule has 1 saturated heterocycles. The number of ether oxygens (including phenoxy) is 1. The molecule has 2 amide bonds. The van der Waals surface area contributed by atoms with Gasteiger partial charge in [-0.1, -0.05) is 23.7 Å². The van der Waals surface area contributed by atoms with Crippen LogP contribution in [0, 0.1) is 0 Å². The molecule has 120 valence electrons. The lowest BCUT2D eigenvalue weighted by Crippen LogP contribution is -2.52. The first-order valence-corrected chi connectivity index (χ1v) is 7.71. The number of urea groups is 1. The predicted octanol–water partition coefficient (Wildman–Crippen LogP) is 2.65. The highest BCUT2D eigenvalue weighted by Crippen LogP contribution is 2.25. The Labute approximate surface area is 139 Å². The van der Waals surface area contributed by atoms with Crippen LogP contribution in [-0.4, -0.2) is 35.0 Å². The Kier molecular flexibility index (Phi) is 4.73. The second-order valence-electron chi connectivity index (χ2n) is 5.60. The third-order valence-electron chi connectivity index (χ3n) is 3.76. The molecule has 3 rings (SSSR count). The number of nitrogens with one attached hydrogen (secondary N) is 2. The summed E-state index contributed by atoms with van der Waals surface area (Å²) in [6.07, 6.45) is 4.43. The second kappa shape index (κ2) is 6.93. The maximum absolute atomic E-state index is 12.3. The molecule has 2 heterocycles. The number of carbonyl (C=O) groups is 1. The van der Waals surface area contributed by atoms with Gasteiger partial charge in [0.2, 0.25) is 0 Å². The van der Waals surface area contributed by atoms with E-state index in [0.29, 0.717) is 30.3 Å². The average Bonchev–Trinajstić information content (AvgIpc) is 2.96. The van der Waals surface area contributed by atoms with E-state index in [-0.39, 0.29) is 6.03 Å². The standard InChI is InChI=1S/C16H17ClN4O2/c17-13-3-1-2-12(8-13)9-16(5-7-23-11-16)21-15(22)20-14-4-6-18-19-10-14/h1-4,6,8,10H,5,7,9,11H2,(H2,18,20,21,22). The van der Waals surface area contributed by atoms with Gasteiger partial charge in [0.05, 0.1) is 30.2 Å². The number of benzene rings is 1. The molecule has 1 unspecified atom stereocenters. The van der Waals surface area contributed by atoms with E-state index in [0.717, 1.165) is 12.0 Å². The molecule has 1 aliphatic rings. The summed E-state index contributed by atoms with van der Waals surface area (Å²) in [6, 6.07) is 9.04. The number of aromatic nitrogens is 2. The first-order valence-electron chi connectivity index (χ1n) is 7.33. The zero-order valence-electron chi connectivity index (χ0n) is 12.5. The van der Waals surface area contributed by atoms with Gasteiger partial charge in [-0.05, 0) is 36.6 Å². The summed E-state index contributed by atoms with van der Waals surface area (Å²) in [7, 11) is 0. The van der Waals surface area contributed by atoms with Crippen molar-refractivity contribution in [3.63, 3.8) is 0 Å². The van der Waals surface area contributed by atoms with E-state index in [2.05, 4.69) is 20.8 Å². The smallest absolute Gasteiger partial charge is 0.319 e. The normalized spacial score (nSPS) is 20.2. The van der Waals surface area contributed by atoms with Gasteiger partial charge in [-0.3, -0.25) is 0 Å². The largest absolute Gasteiger partial charge is 0.379 e. The van der Waals surface area contributed by atoms with E-state index in [1.807, 2.05) is 24.3 Å². The minimum atomic E-state index is -0.435. The van der Waals surface area contributed by atoms with E-state index in [9.17, 15) is 4.79 Å². The lowest BCUT2D eigenvalue weighted by atomic mass is 9.90. The molecule has 0 spiro atoms. The summed E-state index contributed by atoms with van der Waals surface area (Å²) in [5, 5.41) is 13.9. The highest BCUT2D eigenvalue weighted by molar-refractivity contribution is 6.30. The van der Waals surface area contributed by atoms with Crippen LogP contribution in [0.15, 0.2) is 42.7 Å². The minimum absolute atomic E-state index is 0.287. The van der Waals surface area contributed by atoms with Crippen molar-refractivity contribution < 1.29 is 9.53 Å². The molecular weight excluding hydrogens is 316 g/mol. The third kappa shape index (κ3) is 4.18. The molecule has 1 atom stereocenters. The fraction of sp³-hybridized carbons (Fsp3) is 0.312. The average molecular weight is 333 g/mol. The van der Waals surface area contributed by atoms with Gasteiger partial charge in [-0.15, -0.1) is 0 Å². The van der Waals surface area contributed by atoms with Crippen LogP contribution in [0.2, 0.25) is 5.02 Å². The maximum Gasteiger partial charge on any atom is 0.319 e. The Morgan fingerprint density at radius 3 is 2.96 bits per heavy atom. The van der Waals surface area contributed by atoms with Gasteiger partial charge >= 0.3 is 6.03 Å². The van der Waals surface area contributed by atoms with Crippen LogP contribution in [0.25, 0.3) is 0 Å². The van der Waals surface area contributed by atoms with Gasteiger partial charge in [0.15, 0.2) is 0 Å². The third-order valence-corrected chi connectivity index (χ3v) is 3.99. The molecule has 7 heteroatoms. The van der Waals surface area contributed by atoms with Crippen molar-refractivity contribution in [2.75, 3.05) is 18.5 Å². The summed E-state index contributed by atoms with van der Waals surface area (Å²) >= 11 is 6.04. The molecule has 1 fully saturated rings. The minimum Gasteiger partial charge on any atom is -0.379 e. The van der Waals surface area contributed by atoms with Crippen LogP contribution in [0.4, 0.5) is 10.5 Å². The van der Waals surface area contributed by atoms with Crippen LogP contribution in [-0.2, 0) is 11.2 Å². The molecule has 6 nitrogen and oxygen atoms in total. The fourth-order valence-electron chi connectivity index (χ4n) is 2.69. The second-order valence-corrected chi connectivity index (χ2v) is 6.04. The zero-order chi connectivity index (χ0) is 16.1. The van der Waals surface area contributed by atoms with Crippen LogP contribution < -0.4 is 10.6 Å². The molecule has 1 aliphatic heterocycles. The molecule has 2 aromatic rings. The van der Waals surface area contributed by atoms with Gasteiger partial charge in [0.25, 0.3) is 0 Å². The van der Waals surface area contributed by atoms with E-state index >= 15 is 0 Å². The van der Waals surface area contributed by atoms with Crippen LogP contribution >= 0.6 is 11.6 Å². The quantitative estimate of drug-likeness (QED) is 0.902.